The van der Waals surface area contributed by atoms with E-state index in [4.69, 9.17) is 14.6 Å². The zero-order valence-corrected chi connectivity index (χ0v) is 14.6. The summed E-state index contributed by atoms with van der Waals surface area (Å²) in [6.45, 7) is 12.7. The first-order chi connectivity index (χ1) is 11.3. The van der Waals surface area contributed by atoms with Crippen molar-refractivity contribution in [2.24, 2.45) is 0 Å². The molecule has 0 radical (unpaired) electrons. The number of benzene rings is 1. The van der Waals surface area contributed by atoms with Crippen LogP contribution in [0.4, 0.5) is 0 Å². The van der Waals surface area contributed by atoms with Gasteiger partial charge in [-0.25, -0.2) is 9.59 Å². The highest BCUT2D eigenvalue weighted by Gasteiger charge is 2.04. The number of esters is 2. The second-order valence-corrected chi connectivity index (χ2v) is 5.20. The Morgan fingerprint density at radius 3 is 2.00 bits per heavy atom. The van der Waals surface area contributed by atoms with Crippen molar-refractivity contribution in [3.63, 3.8) is 0 Å². The molecular weight excluding hydrogens is 308 g/mol. The zero-order chi connectivity index (χ0) is 18.5. The molecule has 1 N–H and O–H groups in total. The summed E-state index contributed by atoms with van der Waals surface area (Å²) in [5, 5.41) is 8.71. The third-order valence-corrected chi connectivity index (χ3v) is 2.67. The van der Waals surface area contributed by atoms with Crippen molar-refractivity contribution in [1.82, 2.24) is 0 Å². The van der Waals surface area contributed by atoms with Crippen LogP contribution in [-0.4, -0.2) is 30.3 Å². The molecule has 0 saturated heterocycles. The lowest BCUT2D eigenvalue weighted by molar-refractivity contribution is -0.139. The SMILES string of the molecule is C=C(C)C(=O)OCCC.C=C(C)C(=O)Oc1ccc(CCO)cc1. The molecule has 0 bridgehead atoms. The maximum atomic E-state index is 11.2. The lowest BCUT2D eigenvalue weighted by Gasteiger charge is -2.04. The Balaban J connectivity index is 0.000000506. The van der Waals surface area contributed by atoms with Gasteiger partial charge in [0.25, 0.3) is 0 Å². The normalized spacial score (nSPS) is 9.33. The van der Waals surface area contributed by atoms with E-state index in [2.05, 4.69) is 13.2 Å². The fraction of sp³-hybridized carbons (Fsp3) is 0.368. The van der Waals surface area contributed by atoms with Gasteiger partial charge in [0.15, 0.2) is 0 Å². The number of aliphatic hydroxyl groups is 1. The second kappa shape index (κ2) is 12.1. The van der Waals surface area contributed by atoms with Crippen LogP contribution in [0, 0.1) is 0 Å². The first kappa shape index (κ1) is 21.6. The summed E-state index contributed by atoms with van der Waals surface area (Å²) in [7, 11) is 0. The summed E-state index contributed by atoms with van der Waals surface area (Å²) in [4.78, 5) is 21.7. The van der Waals surface area contributed by atoms with Crippen LogP contribution < -0.4 is 4.74 Å². The molecule has 0 aliphatic carbocycles. The Bertz CT molecular complexity index is 558. The lowest BCUT2D eigenvalue weighted by Crippen LogP contribution is -2.08. The molecule has 0 aromatic heterocycles. The van der Waals surface area contributed by atoms with Crippen LogP contribution in [0.25, 0.3) is 0 Å². The molecule has 0 fully saturated rings. The van der Waals surface area contributed by atoms with Gasteiger partial charge in [-0.15, -0.1) is 0 Å². The molecule has 5 nitrogen and oxygen atoms in total. The molecule has 1 aromatic rings. The Kier molecular flexibility index (Phi) is 10.9. The van der Waals surface area contributed by atoms with Gasteiger partial charge in [-0.3, -0.25) is 0 Å². The molecule has 0 amide bonds. The van der Waals surface area contributed by atoms with Crippen molar-refractivity contribution in [2.45, 2.75) is 33.6 Å². The smallest absolute Gasteiger partial charge is 0.338 e. The van der Waals surface area contributed by atoms with Crippen molar-refractivity contribution < 1.29 is 24.2 Å². The van der Waals surface area contributed by atoms with Crippen molar-refractivity contribution in [2.75, 3.05) is 13.2 Å². The van der Waals surface area contributed by atoms with Crippen LogP contribution in [0.2, 0.25) is 0 Å². The predicted octanol–water partition coefficient (Wildman–Crippen LogP) is 3.22. The summed E-state index contributed by atoms with van der Waals surface area (Å²) in [5.41, 5.74) is 1.84. The van der Waals surface area contributed by atoms with Crippen LogP contribution in [0.5, 0.6) is 5.75 Å². The van der Waals surface area contributed by atoms with Gasteiger partial charge in [-0.05, 0) is 44.4 Å². The van der Waals surface area contributed by atoms with Gasteiger partial charge in [0.1, 0.15) is 5.75 Å². The maximum Gasteiger partial charge on any atom is 0.338 e. The second-order valence-electron chi connectivity index (χ2n) is 5.20. The Hall–Kier alpha value is -2.40. The molecule has 132 valence electrons. The summed E-state index contributed by atoms with van der Waals surface area (Å²) in [6, 6.07) is 7.03. The van der Waals surface area contributed by atoms with Gasteiger partial charge in [0.2, 0.25) is 0 Å². The number of carbonyl (C=O) groups is 2. The van der Waals surface area contributed by atoms with E-state index in [0.717, 1.165) is 12.0 Å². The van der Waals surface area contributed by atoms with E-state index in [1.54, 1.807) is 26.0 Å². The van der Waals surface area contributed by atoms with Crippen molar-refractivity contribution in [3.8, 4) is 5.75 Å². The summed E-state index contributed by atoms with van der Waals surface area (Å²) < 4.78 is 9.72. The van der Waals surface area contributed by atoms with Gasteiger partial charge in [0.05, 0.1) is 6.61 Å². The minimum Gasteiger partial charge on any atom is -0.462 e. The quantitative estimate of drug-likeness (QED) is 0.471. The number of aliphatic hydroxyl groups excluding tert-OH is 1. The molecule has 0 unspecified atom stereocenters. The largest absolute Gasteiger partial charge is 0.462 e. The molecule has 1 rings (SSSR count). The third kappa shape index (κ3) is 9.58. The molecule has 0 aliphatic rings. The highest BCUT2D eigenvalue weighted by atomic mass is 16.5. The molecule has 0 aliphatic heterocycles. The molecule has 1 aromatic carbocycles. The van der Waals surface area contributed by atoms with Gasteiger partial charge in [-0.2, -0.15) is 0 Å². The fourth-order valence-corrected chi connectivity index (χ4v) is 1.37. The van der Waals surface area contributed by atoms with Gasteiger partial charge in [0, 0.05) is 17.8 Å². The van der Waals surface area contributed by atoms with E-state index in [0.29, 0.717) is 29.9 Å². The van der Waals surface area contributed by atoms with Crippen LogP contribution in [0.15, 0.2) is 48.6 Å². The monoisotopic (exact) mass is 334 g/mol. The Morgan fingerprint density at radius 2 is 1.58 bits per heavy atom. The van der Waals surface area contributed by atoms with E-state index in [-0.39, 0.29) is 12.6 Å². The molecule has 5 heteroatoms. The van der Waals surface area contributed by atoms with Crippen molar-refractivity contribution >= 4 is 11.9 Å². The van der Waals surface area contributed by atoms with Crippen LogP contribution in [-0.2, 0) is 20.7 Å². The predicted molar refractivity (Wildman–Crippen MR) is 93.7 cm³/mol. The minimum absolute atomic E-state index is 0.116. The number of ether oxygens (including phenoxy) is 2. The maximum absolute atomic E-state index is 11.2. The average molecular weight is 334 g/mol. The van der Waals surface area contributed by atoms with Crippen LogP contribution in [0.3, 0.4) is 0 Å². The topological polar surface area (TPSA) is 72.8 Å². The van der Waals surface area contributed by atoms with Crippen LogP contribution >= 0.6 is 0 Å². The van der Waals surface area contributed by atoms with Gasteiger partial charge < -0.3 is 14.6 Å². The van der Waals surface area contributed by atoms with Crippen molar-refractivity contribution in [1.29, 1.82) is 0 Å². The Labute approximate surface area is 143 Å². The molecule has 0 spiro atoms. The summed E-state index contributed by atoms with van der Waals surface area (Å²) in [5.74, 6) is -0.230. The molecule has 0 atom stereocenters. The average Bonchev–Trinajstić information content (AvgIpc) is 2.55. The van der Waals surface area contributed by atoms with Crippen molar-refractivity contribution in [3.05, 3.63) is 54.1 Å². The highest BCUT2D eigenvalue weighted by Crippen LogP contribution is 2.13. The van der Waals surface area contributed by atoms with E-state index >= 15 is 0 Å². The van der Waals surface area contributed by atoms with E-state index in [9.17, 15) is 9.59 Å². The Morgan fingerprint density at radius 1 is 1.04 bits per heavy atom. The summed E-state index contributed by atoms with van der Waals surface area (Å²) in [6.07, 6.45) is 1.47. The van der Waals surface area contributed by atoms with E-state index in [1.807, 2.05) is 19.1 Å². The minimum atomic E-state index is -0.426. The number of carbonyl (C=O) groups excluding carboxylic acids is 2. The van der Waals surface area contributed by atoms with Gasteiger partial charge >= 0.3 is 11.9 Å². The molecule has 0 heterocycles. The number of hydrogen-bond acceptors (Lipinski definition) is 5. The van der Waals surface area contributed by atoms with Crippen LogP contribution in [0.1, 0.15) is 32.8 Å². The first-order valence-corrected chi connectivity index (χ1v) is 7.71. The van der Waals surface area contributed by atoms with E-state index < -0.39 is 5.97 Å². The molecule has 0 saturated carbocycles. The highest BCUT2D eigenvalue weighted by molar-refractivity contribution is 5.88. The lowest BCUT2D eigenvalue weighted by atomic mass is 10.1. The summed E-state index contributed by atoms with van der Waals surface area (Å²) >= 11 is 0. The number of rotatable bonds is 7. The number of hydrogen-bond donors (Lipinski definition) is 1. The third-order valence-electron chi connectivity index (χ3n) is 2.67. The first-order valence-electron chi connectivity index (χ1n) is 7.71. The standard InChI is InChI=1S/C12H14O3.C7H12O2/c1-9(2)12(14)15-11-5-3-10(4-6-11)7-8-13;1-4-5-9-7(8)6(2)3/h3-6,13H,1,7-8H2,2H3;2,4-5H2,1,3H3. The fourth-order valence-electron chi connectivity index (χ4n) is 1.37. The van der Waals surface area contributed by atoms with E-state index in [1.165, 1.54) is 0 Å². The molecular formula is C19H26O5. The molecule has 24 heavy (non-hydrogen) atoms. The zero-order valence-electron chi connectivity index (χ0n) is 14.6. The van der Waals surface area contributed by atoms with Gasteiger partial charge in [-0.1, -0.05) is 32.2 Å².